The number of aliphatic carboxylic acids is 1. The van der Waals surface area contributed by atoms with Crippen LogP contribution in [-0.4, -0.2) is 52.9 Å². The molecular formula is C26H33Cl2NO4. The quantitative estimate of drug-likeness (QED) is 0.434. The number of aliphatic hydroxyl groups excluding tert-OH is 1. The van der Waals surface area contributed by atoms with Crippen molar-refractivity contribution in [1.29, 1.82) is 0 Å². The zero-order valence-electron chi connectivity index (χ0n) is 19.3. The molecule has 0 radical (unpaired) electrons. The maximum Gasteiger partial charge on any atom is 0.303 e. The van der Waals surface area contributed by atoms with E-state index in [1.54, 1.807) is 12.1 Å². The molecule has 1 heterocycles. The van der Waals surface area contributed by atoms with Crippen molar-refractivity contribution >= 4 is 29.2 Å². The molecule has 1 aliphatic heterocycles. The lowest BCUT2D eigenvalue weighted by atomic mass is 9.99. The van der Waals surface area contributed by atoms with Gasteiger partial charge in [0.25, 0.3) is 0 Å². The van der Waals surface area contributed by atoms with Crippen LogP contribution < -0.4 is 0 Å². The van der Waals surface area contributed by atoms with Crippen LogP contribution in [0.3, 0.4) is 0 Å². The predicted molar refractivity (Wildman–Crippen MR) is 132 cm³/mol. The standard InChI is InChI=1S/C26H33Cl2NO4/c1-17-5-6-19(13-25(17)28)12-22-4-3-11-29(22)15-23(30)16-33-18(2)24-9-8-21(27)14-20(24)7-10-26(31)32/h5-6,8-9,13-14,18,22-23,30H,3-4,7,10-12,15-16H2,1-2H3,(H,31,32)/t18-,22+,23-/m1/s1. The molecule has 0 aliphatic carbocycles. The highest BCUT2D eigenvalue weighted by molar-refractivity contribution is 6.31. The summed E-state index contributed by atoms with van der Waals surface area (Å²) in [6, 6.07) is 12.1. The molecule has 5 nitrogen and oxygen atoms in total. The maximum absolute atomic E-state index is 11.0. The topological polar surface area (TPSA) is 70.0 Å². The Hall–Kier alpha value is -1.63. The summed E-state index contributed by atoms with van der Waals surface area (Å²) in [6.07, 6.45) is 2.68. The van der Waals surface area contributed by atoms with E-state index in [0.29, 0.717) is 24.0 Å². The zero-order valence-corrected chi connectivity index (χ0v) is 20.8. The van der Waals surface area contributed by atoms with Crippen LogP contribution in [0.15, 0.2) is 36.4 Å². The van der Waals surface area contributed by atoms with Gasteiger partial charge in [0.15, 0.2) is 0 Å². The molecule has 1 aliphatic rings. The summed E-state index contributed by atoms with van der Waals surface area (Å²) in [4.78, 5) is 13.3. The molecule has 3 atom stereocenters. The average molecular weight is 494 g/mol. The van der Waals surface area contributed by atoms with E-state index >= 15 is 0 Å². The van der Waals surface area contributed by atoms with E-state index in [0.717, 1.165) is 47.5 Å². The lowest BCUT2D eigenvalue weighted by Crippen LogP contribution is -2.39. The number of hydrogen-bond donors (Lipinski definition) is 2. The number of likely N-dealkylation sites (tertiary alicyclic amines) is 1. The second kappa shape index (κ2) is 12.2. The van der Waals surface area contributed by atoms with Gasteiger partial charge < -0.3 is 14.9 Å². The molecule has 1 fully saturated rings. The molecule has 3 rings (SSSR count). The Balaban J connectivity index is 1.53. The van der Waals surface area contributed by atoms with Crippen LogP contribution in [0, 0.1) is 6.92 Å². The Labute approximate surface area is 206 Å². The lowest BCUT2D eigenvalue weighted by molar-refractivity contribution is -0.136. The van der Waals surface area contributed by atoms with Crippen LogP contribution in [-0.2, 0) is 22.4 Å². The molecule has 2 aromatic rings. The van der Waals surface area contributed by atoms with Gasteiger partial charge in [0.2, 0.25) is 0 Å². The molecule has 0 unspecified atom stereocenters. The Morgan fingerprint density at radius 2 is 2.03 bits per heavy atom. The van der Waals surface area contributed by atoms with Crippen molar-refractivity contribution in [3.05, 3.63) is 68.7 Å². The summed E-state index contributed by atoms with van der Waals surface area (Å²) in [7, 11) is 0. The third kappa shape index (κ3) is 7.69. The summed E-state index contributed by atoms with van der Waals surface area (Å²) < 4.78 is 5.99. The third-order valence-corrected chi connectivity index (χ3v) is 6.98. The summed E-state index contributed by atoms with van der Waals surface area (Å²) >= 11 is 12.4. The Kier molecular flexibility index (Phi) is 9.59. The van der Waals surface area contributed by atoms with Crippen molar-refractivity contribution in [2.24, 2.45) is 0 Å². The highest BCUT2D eigenvalue weighted by atomic mass is 35.5. The molecule has 1 saturated heterocycles. The van der Waals surface area contributed by atoms with Crippen LogP contribution in [0.2, 0.25) is 10.0 Å². The first-order valence-electron chi connectivity index (χ1n) is 11.5. The first-order valence-corrected chi connectivity index (χ1v) is 12.3. The number of rotatable bonds is 11. The molecule has 180 valence electrons. The van der Waals surface area contributed by atoms with Gasteiger partial charge in [-0.05, 0) is 86.5 Å². The van der Waals surface area contributed by atoms with E-state index in [9.17, 15) is 9.90 Å². The van der Waals surface area contributed by atoms with Crippen LogP contribution in [0.5, 0.6) is 0 Å². The number of benzene rings is 2. The fourth-order valence-electron chi connectivity index (χ4n) is 4.50. The minimum atomic E-state index is -0.849. The molecule has 2 N–H and O–H groups in total. The van der Waals surface area contributed by atoms with Crippen LogP contribution in [0.4, 0.5) is 0 Å². The van der Waals surface area contributed by atoms with Gasteiger partial charge in [-0.25, -0.2) is 0 Å². The smallest absolute Gasteiger partial charge is 0.303 e. The van der Waals surface area contributed by atoms with E-state index in [4.69, 9.17) is 33.0 Å². The SMILES string of the molecule is Cc1ccc(C[C@@H]2CCCN2C[C@@H](O)CO[C@H](C)c2ccc(Cl)cc2CCC(=O)O)cc1Cl. The van der Waals surface area contributed by atoms with E-state index in [1.165, 1.54) is 5.56 Å². The van der Waals surface area contributed by atoms with Crippen molar-refractivity contribution in [2.45, 2.75) is 64.2 Å². The van der Waals surface area contributed by atoms with E-state index < -0.39 is 12.1 Å². The summed E-state index contributed by atoms with van der Waals surface area (Å²) in [5.74, 6) is -0.849. The van der Waals surface area contributed by atoms with Gasteiger partial charge in [-0.1, -0.05) is 41.4 Å². The normalized spacial score (nSPS) is 18.4. The van der Waals surface area contributed by atoms with Crippen molar-refractivity contribution in [3.8, 4) is 0 Å². The van der Waals surface area contributed by atoms with Gasteiger partial charge in [-0.3, -0.25) is 9.69 Å². The largest absolute Gasteiger partial charge is 0.481 e. The number of aryl methyl sites for hydroxylation is 2. The number of ether oxygens (including phenoxy) is 1. The molecule has 0 aromatic heterocycles. The summed E-state index contributed by atoms with van der Waals surface area (Å²) in [6.45, 7) is 5.66. The zero-order chi connectivity index (χ0) is 24.0. The third-order valence-electron chi connectivity index (χ3n) is 6.34. The molecular weight excluding hydrogens is 461 g/mol. The number of carboxylic acid groups (broad SMARTS) is 1. The molecule has 0 bridgehead atoms. The number of β-amino-alcohol motifs (C(OH)–C–C–N with tert-alkyl or cyclic N) is 1. The van der Waals surface area contributed by atoms with E-state index in [-0.39, 0.29) is 19.1 Å². The minimum absolute atomic E-state index is 0.0330. The molecule has 0 spiro atoms. The highest BCUT2D eigenvalue weighted by Crippen LogP contribution is 2.27. The highest BCUT2D eigenvalue weighted by Gasteiger charge is 2.27. The van der Waals surface area contributed by atoms with Crippen LogP contribution >= 0.6 is 23.2 Å². The van der Waals surface area contributed by atoms with Gasteiger partial charge in [-0.2, -0.15) is 0 Å². The average Bonchev–Trinajstić information content (AvgIpc) is 3.19. The Morgan fingerprint density at radius 3 is 2.76 bits per heavy atom. The fourth-order valence-corrected chi connectivity index (χ4v) is 4.90. The Morgan fingerprint density at radius 1 is 1.24 bits per heavy atom. The van der Waals surface area contributed by atoms with Gasteiger partial charge in [0.1, 0.15) is 0 Å². The summed E-state index contributed by atoms with van der Waals surface area (Å²) in [5, 5.41) is 21.1. The van der Waals surface area contributed by atoms with Crippen molar-refractivity contribution in [1.82, 2.24) is 4.90 Å². The van der Waals surface area contributed by atoms with E-state index in [1.807, 2.05) is 26.0 Å². The van der Waals surface area contributed by atoms with Crippen LogP contribution in [0.25, 0.3) is 0 Å². The molecule has 0 saturated carbocycles. The fraction of sp³-hybridized carbons (Fsp3) is 0.500. The van der Waals surface area contributed by atoms with Crippen molar-refractivity contribution in [2.75, 3.05) is 19.7 Å². The van der Waals surface area contributed by atoms with Crippen LogP contribution in [0.1, 0.15) is 54.5 Å². The minimum Gasteiger partial charge on any atom is -0.481 e. The monoisotopic (exact) mass is 493 g/mol. The van der Waals surface area contributed by atoms with Crippen molar-refractivity contribution < 1.29 is 19.7 Å². The molecule has 2 aromatic carbocycles. The maximum atomic E-state index is 11.0. The number of nitrogens with zero attached hydrogens (tertiary/aromatic N) is 1. The van der Waals surface area contributed by atoms with Crippen molar-refractivity contribution in [3.63, 3.8) is 0 Å². The van der Waals surface area contributed by atoms with Gasteiger partial charge in [0, 0.05) is 29.1 Å². The first kappa shape index (κ1) is 26.0. The number of carboxylic acids is 1. The second-order valence-corrected chi connectivity index (χ2v) is 9.79. The Bertz CT molecular complexity index is 952. The lowest BCUT2D eigenvalue weighted by Gasteiger charge is -2.28. The number of aliphatic hydroxyl groups is 1. The molecule has 7 heteroatoms. The van der Waals surface area contributed by atoms with Gasteiger partial charge in [0.05, 0.1) is 18.8 Å². The van der Waals surface area contributed by atoms with E-state index in [2.05, 4.69) is 17.0 Å². The second-order valence-electron chi connectivity index (χ2n) is 8.94. The molecule has 0 amide bonds. The summed E-state index contributed by atoms with van der Waals surface area (Å²) in [5.41, 5.74) is 4.07. The number of carbonyl (C=O) groups is 1. The number of hydrogen-bond acceptors (Lipinski definition) is 4. The predicted octanol–water partition coefficient (Wildman–Crippen LogP) is 5.46. The molecule has 33 heavy (non-hydrogen) atoms. The van der Waals surface area contributed by atoms with Gasteiger partial charge >= 0.3 is 5.97 Å². The van der Waals surface area contributed by atoms with Gasteiger partial charge in [-0.15, -0.1) is 0 Å². The first-order chi connectivity index (χ1) is 15.7. The number of halogens is 2.